The maximum Gasteiger partial charge on any atom is 0.342 e. The van der Waals surface area contributed by atoms with E-state index in [0.717, 1.165) is 0 Å². The van der Waals surface area contributed by atoms with Crippen LogP contribution >= 0.6 is 0 Å². The Morgan fingerprint density at radius 3 is 2.33 bits per heavy atom. The molecule has 0 aliphatic rings. The number of halogens is 2. The van der Waals surface area contributed by atoms with Gasteiger partial charge in [-0.2, -0.15) is 0 Å². The molecule has 1 N–H and O–H groups in total. The molecule has 0 atom stereocenters. The van der Waals surface area contributed by atoms with Crippen LogP contribution < -0.4 is 14.8 Å². The summed E-state index contributed by atoms with van der Waals surface area (Å²) in [7, 11) is 2.84. The summed E-state index contributed by atoms with van der Waals surface area (Å²) in [5, 5.41) is 2.38. The summed E-state index contributed by atoms with van der Waals surface area (Å²) in [6.07, 6.45) is 0. The topological polar surface area (TPSA) is 94.2 Å². The Morgan fingerprint density at radius 1 is 0.889 bits per heavy atom. The van der Waals surface area contributed by atoms with E-state index in [9.17, 15) is 23.2 Å². The number of likely N-dealkylation sites (N-methyl/N-ethyl adjacent to an activating group) is 1. The molecule has 8 nitrogen and oxygen atoms in total. The van der Waals surface area contributed by atoms with Crippen LogP contribution in [-0.2, 0) is 20.9 Å². The number of esters is 1. The Hall–Kier alpha value is -4.47. The van der Waals surface area contributed by atoms with Gasteiger partial charge in [-0.05, 0) is 42.0 Å². The molecule has 0 spiro atoms. The minimum absolute atomic E-state index is 0.00111. The van der Waals surface area contributed by atoms with Gasteiger partial charge >= 0.3 is 5.97 Å². The molecule has 0 unspecified atom stereocenters. The number of nitrogens with one attached hydrogen (secondary N) is 1. The van der Waals surface area contributed by atoms with E-state index >= 15 is 0 Å². The molecule has 2 amide bonds. The van der Waals surface area contributed by atoms with Crippen molar-refractivity contribution in [1.29, 1.82) is 0 Å². The highest BCUT2D eigenvalue weighted by molar-refractivity contribution is 5.95. The molecule has 36 heavy (non-hydrogen) atoms. The normalized spacial score (nSPS) is 10.3. The summed E-state index contributed by atoms with van der Waals surface area (Å²) in [4.78, 5) is 38.4. The van der Waals surface area contributed by atoms with Gasteiger partial charge in [-0.15, -0.1) is 0 Å². The number of nitrogens with zero attached hydrogens (tertiary/aromatic N) is 1. The molecule has 10 heteroatoms. The molecule has 0 aliphatic carbocycles. The molecule has 0 heterocycles. The number of carbonyl (C=O) groups is 3. The fourth-order valence-corrected chi connectivity index (χ4v) is 3.14. The Morgan fingerprint density at radius 2 is 1.61 bits per heavy atom. The predicted molar refractivity (Wildman–Crippen MR) is 127 cm³/mol. The average molecular weight is 498 g/mol. The number of rotatable bonds is 10. The number of methoxy groups -OCH3 is 1. The largest absolute Gasteiger partial charge is 0.494 e. The van der Waals surface area contributed by atoms with Gasteiger partial charge in [-0.3, -0.25) is 9.59 Å². The van der Waals surface area contributed by atoms with Crippen LogP contribution in [0.1, 0.15) is 15.9 Å². The first-order valence-corrected chi connectivity index (χ1v) is 10.8. The summed E-state index contributed by atoms with van der Waals surface area (Å²) >= 11 is 0. The number of carbonyl (C=O) groups excluding carboxylic acids is 3. The van der Waals surface area contributed by atoms with E-state index in [1.165, 1.54) is 61.5 Å². The van der Waals surface area contributed by atoms with Gasteiger partial charge in [0.2, 0.25) is 0 Å². The zero-order valence-corrected chi connectivity index (χ0v) is 19.6. The van der Waals surface area contributed by atoms with Crippen molar-refractivity contribution in [1.82, 2.24) is 4.90 Å². The molecule has 0 saturated heterocycles. The highest BCUT2D eigenvalue weighted by Crippen LogP contribution is 2.20. The molecule has 0 bridgehead atoms. The van der Waals surface area contributed by atoms with Crippen LogP contribution in [0.4, 0.5) is 14.5 Å². The first-order valence-electron chi connectivity index (χ1n) is 10.8. The van der Waals surface area contributed by atoms with Crippen molar-refractivity contribution in [2.75, 3.05) is 32.7 Å². The van der Waals surface area contributed by atoms with Crippen molar-refractivity contribution in [3.8, 4) is 11.5 Å². The Balaban J connectivity index is 1.53. The lowest BCUT2D eigenvalue weighted by Crippen LogP contribution is -2.31. The molecule has 0 aromatic heterocycles. The SMILES string of the molecule is COc1ccc(CN(C)C(=O)COC(=O)c2ccccc2OCC(=O)Nc2ccccc2F)cc1F. The van der Waals surface area contributed by atoms with E-state index in [1.807, 2.05) is 0 Å². The van der Waals surface area contributed by atoms with Gasteiger partial charge in [-0.1, -0.05) is 30.3 Å². The van der Waals surface area contributed by atoms with E-state index < -0.39 is 42.6 Å². The van der Waals surface area contributed by atoms with Gasteiger partial charge in [0.05, 0.1) is 12.8 Å². The van der Waals surface area contributed by atoms with Gasteiger partial charge in [-0.25, -0.2) is 13.6 Å². The van der Waals surface area contributed by atoms with Crippen molar-refractivity contribution >= 4 is 23.5 Å². The van der Waals surface area contributed by atoms with Gasteiger partial charge in [0.1, 0.15) is 17.1 Å². The third-order valence-corrected chi connectivity index (χ3v) is 5.00. The van der Waals surface area contributed by atoms with Crippen molar-refractivity contribution in [3.05, 3.63) is 89.5 Å². The summed E-state index contributed by atoms with van der Waals surface area (Å²) in [6, 6.07) is 16.0. The molecule has 0 fully saturated rings. The maximum atomic E-state index is 13.9. The number of amides is 2. The van der Waals surface area contributed by atoms with Crippen LogP contribution in [0.15, 0.2) is 66.7 Å². The summed E-state index contributed by atoms with van der Waals surface area (Å²) in [5.41, 5.74) is 0.533. The van der Waals surface area contributed by atoms with Crippen molar-refractivity contribution in [2.24, 2.45) is 0 Å². The second-order valence-electron chi connectivity index (χ2n) is 7.61. The third-order valence-electron chi connectivity index (χ3n) is 5.00. The second kappa shape index (κ2) is 12.3. The molecule has 0 aliphatic heterocycles. The lowest BCUT2D eigenvalue weighted by Gasteiger charge is -2.18. The van der Waals surface area contributed by atoms with Gasteiger partial charge in [0, 0.05) is 13.6 Å². The minimum atomic E-state index is -0.836. The van der Waals surface area contributed by atoms with Crippen LogP contribution in [0, 0.1) is 11.6 Å². The zero-order valence-electron chi connectivity index (χ0n) is 19.6. The Labute approximate surface area is 206 Å². The molecule has 0 saturated carbocycles. The number of anilines is 1. The number of ether oxygens (including phenoxy) is 3. The number of hydrogen-bond donors (Lipinski definition) is 1. The fraction of sp³-hybridized carbons (Fsp3) is 0.192. The van der Waals surface area contributed by atoms with E-state index in [4.69, 9.17) is 14.2 Å². The highest BCUT2D eigenvalue weighted by Gasteiger charge is 2.18. The van der Waals surface area contributed by atoms with Gasteiger partial charge in [0.15, 0.2) is 24.8 Å². The molecule has 0 radical (unpaired) electrons. The standard InChI is InChI=1S/C26H24F2N2O6/c1-30(14-17-11-12-23(34-2)20(28)13-17)25(32)16-36-26(33)18-7-3-6-10-22(18)35-15-24(31)29-21-9-5-4-8-19(21)27/h3-13H,14-16H2,1-2H3,(H,29,31). The Kier molecular flexibility index (Phi) is 8.93. The van der Waals surface area contributed by atoms with E-state index in [1.54, 1.807) is 24.3 Å². The number of para-hydroxylation sites is 2. The number of benzene rings is 3. The molecular formula is C26H24F2N2O6. The van der Waals surface area contributed by atoms with Gasteiger partial charge < -0.3 is 24.4 Å². The van der Waals surface area contributed by atoms with Crippen LogP contribution in [0.25, 0.3) is 0 Å². The molecule has 3 aromatic carbocycles. The molecule has 188 valence electrons. The summed E-state index contributed by atoms with van der Waals surface area (Å²) in [6.45, 7) is -0.955. The highest BCUT2D eigenvalue weighted by atomic mass is 19.1. The Bertz CT molecular complexity index is 1250. The van der Waals surface area contributed by atoms with Crippen molar-refractivity contribution in [3.63, 3.8) is 0 Å². The van der Waals surface area contributed by atoms with Crippen molar-refractivity contribution in [2.45, 2.75) is 6.54 Å². The van der Waals surface area contributed by atoms with Crippen molar-refractivity contribution < 1.29 is 37.4 Å². The number of hydrogen-bond acceptors (Lipinski definition) is 6. The van der Waals surface area contributed by atoms with E-state index in [0.29, 0.717) is 5.56 Å². The first kappa shape index (κ1) is 26.1. The van der Waals surface area contributed by atoms with Crippen LogP contribution in [-0.4, -0.2) is 50.1 Å². The maximum absolute atomic E-state index is 13.9. The lowest BCUT2D eigenvalue weighted by molar-refractivity contribution is -0.133. The van der Waals surface area contributed by atoms with Crippen LogP contribution in [0.3, 0.4) is 0 Å². The lowest BCUT2D eigenvalue weighted by atomic mass is 10.2. The van der Waals surface area contributed by atoms with Crippen LogP contribution in [0.5, 0.6) is 11.5 Å². The summed E-state index contributed by atoms with van der Waals surface area (Å²) in [5.74, 6) is -2.98. The first-order chi connectivity index (χ1) is 17.3. The summed E-state index contributed by atoms with van der Waals surface area (Å²) < 4.78 is 43.0. The smallest absolute Gasteiger partial charge is 0.342 e. The molecular weight excluding hydrogens is 474 g/mol. The van der Waals surface area contributed by atoms with Gasteiger partial charge in [0.25, 0.3) is 11.8 Å². The van der Waals surface area contributed by atoms with E-state index in [2.05, 4.69) is 5.32 Å². The van der Waals surface area contributed by atoms with E-state index in [-0.39, 0.29) is 29.3 Å². The quantitative estimate of drug-likeness (QED) is 0.428. The molecule has 3 aromatic rings. The van der Waals surface area contributed by atoms with Crippen LogP contribution in [0.2, 0.25) is 0 Å². The second-order valence-corrected chi connectivity index (χ2v) is 7.61. The monoisotopic (exact) mass is 498 g/mol. The predicted octanol–water partition coefficient (Wildman–Crippen LogP) is 3.81. The fourth-order valence-electron chi connectivity index (χ4n) is 3.14. The zero-order chi connectivity index (χ0) is 26.1. The average Bonchev–Trinajstić information content (AvgIpc) is 2.87. The molecule has 3 rings (SSSR count). The minimum Gasteiger partial charge on any atom is -0.494 e. The third kappa shape index (κ3) is 7.02.